The van der Waals surface area contributed by atoms with Crippen LogP contribution >= 0.6 is 0 Å². The van der Waals surface area contributed by atoms with Crippen molar-refractivity contribution >= 4 is 11.6 Å². The molecule has 0 radical (unpaired) electrons. The van der Waals surface area contributed by atoms with Crippen LogP contribution in [0.1, 0.15) is 32.8 Å². The SMILES string of the molecule is CC1NCCC(C)(C)N(c2cccc(C#N)c2)C1=O. The molecule has 1 fully saturated rings. The highest BCUT2D eigenvalue weighted by molar-refractivity contribution is 5.98. The monoisotopic (exact) mass is 257 g/mol. The summed E-state index contributed by atoms with van der Waals surface area (Å²) in [6, 6.07) is 9.15. The van der Waals surface area contributed by atoms with Gasteiger partial charge < -0.3 is 10.2 Å². The van der Waals surface area contributed by atoms with E-state index in [9.17, 15) is 4.79 Å². The summed E-state index contributed by atoms with van der Waals surface area (Å²) in [5.74, 6) is 0.0533. The van der Waals surface area contributed by atoms with E-state index in [1.807, 2.05) is 24.0 Å². The lowest BCUT2D eigenvalue weighted by molar-refractivity contribution is -0.120. The van der Waals surface area contributed by atoms with Gasteiger partial charge >= 0.3 is 0 Å². The van der Waals surface area contributed by atoms with Crippen LogP contribution in [0.25, 0.3) is 0 Å². The van der Waals surface area contributed by atoms with Crippen LogP contribution in [-0.2, 0) is 4.79 Å². The van der Waals surface area contributed by atoms with E-state index in [2.05, 4.69) is 25.2 Å². The third-order valence-corrected chi connectivity index (χ3v) is 3.62. The van der Waals surface area contributed by atoms with Gasteiger partial charge in [0.15, 0.2) is 0 Å². The number of hydrogen-bond acceptors (Lipinski definition) is 3. The maximum atomic E-state index is 12.5. The molecule has 0 saturated carbocycles. The molecule has 1 aliphatic rings. The molecule has 1 heterocycles. The van der Waals surface area contributed by atoms with Crippen molar-refractivity contribution in [3.05, 3.63) is 29.8 Å². The Morgan fingerprint density at radius 3 is 2.89 bits per heavy atom. The maximum Gasteiger partial charge on any atom is 0.244 e. The molecule has 4 heteroatoms. The van der Waals surface area contributed by atoms with Gasteiger partial charge in [-0.3, -0.25) is 4.79 Å². The van der Waals surface area contributed by atoms with E-state index in [0.717, 1.165) is 18.7 Å². The van der Waals surface area contributed by atoms with Crippen LogP contribution < -0.4 is 10.2 Å². The average molecular weight is 257 g/mol. The van der Waals surface area contributed by atoms with Gasteiger partial charge in [0.25, 0.3) is 0 Å². The number of nitriles is 1. The summed E-state index contributed by atoms with van der Waals surface area (Å²) in [6.07, 6.45) is 0.875. The standard InChI is InChI=1S/C15H19N3O/c1-11-14(19)18(15(2,3)7-8-17-11)13-6-4-5-12(9-13)10-16/h4-6,9,11,17H,7-8H2,1-3H3. The van der Waals surface area contributed by atoms with Gasteiger partial charge in [-0.2, -0.15) is 5.26 Å². The predicted molar refractivity (Wildman–Crippen MR) is 74.8 cm³/mol. The van der Waals surface area contributed by atoms with Crippen LogP contribution in [0.5, 0.6) is 0 Å². The number of carbonyl (C=O) groups excluding carboxylic acids is 1. The van der Waals surface area contributed by atoms with Gasteiger partial charge in [0.1, 0.15) is 0 Å². The molecule has 2 rings (SSSR count). The number of carbonyl (C=O) groups is 1. The Balaban J connectivity index is 2.48. The molecule has 4 nitrogen and oxygen atoms in total. The van der Waals surface area contributed by atoms with Crippen molar-refractivity contribution in [1.82, 2.24) is 5.32 Å². The summed E-state index contributed by atoms with van der Waals surface area (Å²) in [4.78, 5) is 14.4. The number of benzene rings is 1. The molecule has 1 atom stereocenters. The summed E-state index contributed by atoms with van der Waals surface area (Å²) in [5.41, 5.74) is 1.11. The van der Waals surface area contributed by atoms with Crippen LogP contribution in [0.4, 0.5) is 5.69 Å². The van der Waals surface area contributed by atoms with Gasteiger partial charge in [-0.25, -0.2) is 0 Å². The molecule has 1 aromatic rings. The van der Waals surface area contributed by atoms with Gasteiger partial charge in [0.05, 0.1) is 17.7 Å². The highest BCUT2D eigenvalue weighted by Crippen LogP contribution is 2.29. The van der Waals surface area contributed by atoms with Crippen LogP contribution in [0.3, 0.4) is 0 Å². The van der Waals surface area contributed by atoms with Gasteiger partial charge in [-0.15, -0.1) is 0 Å². The Bertz CT molecular complexity index is 530. The summed E-state index contributed by atoms with van der Waals surface area (Å²) < 4.78 is 0. The minimum absolute atomic E-state index is 0.0533. The molecule has 0 aliphatic carbocycles. The molecule has 0 spiro atoms. The number of nitrogens with one attached hydrogen (secondary N) is 1. The largest absolute Gasteiger partial charge is 0.306 e. The topological polar surface area (TPSA) is 56.1 Å². The maximum absolute atomic E-state index is 12.5. The van der Waals surface area contributed by atoms with E-state index < -0.39 is 0 Å². The highest BCUT2D eigenvalue weighted by atomic mass is 16.2. The van der Waals surface area contributed by atoms with E-state index >= 15 is 0 Å². The van der Waals surface area contributed by atoms with E-state index in [1.54, 1.807) is 12.1 Å². The first-order valence-electron chi connectivity index (χ1n) is 6.53. The fourth-order valence-electron chi connectivity index (χ4n) is 2.48. The van der Waals surface area contributed by atoms with Crippen LogP contribution in [0.2, 0.25) is 0 Å². The van der Waals surface area contributed by atoms with E-state index in [1.165, 1.54) is 0 Å². The zero-order valence-corrected chi connectivity index (χ0v) is 11.6. The fourth-order valence-corrected chi connectivity index (χ4v) is 2.48. The Hall–Kier alpha value is -1.86. The molecule has 1 unspecified atom stereocenters. The lowest BCUT2D eigenvalue weighted by atomic mass is 9.97. The average Bonchev–Trinajstić information content (AvgIpc) is 2.47. The lowest BCUT2D eigenvalue weighted by Crippen LogP contribution is -2.50. The first-order valence-corrected chi connectivity index (χ1v) is 6.53. The zero-order chi connectivity index (χ0) is 14.0. The van der Waals surface area contributed by atoms with Crippen molar-refractivity contribution in [1.29, 1.82) is 5.26 Å². The van der Waals surface area contributed by atoms with Crippen molar-refractivity contribution < 1.29 is 4.79 Å². The molecular formula is C15H19N3O. The fraction of sp³-hybridized carbons (Fsp3) is 0.467. The summed E-state index contributed by atoms with van der Waals surface area (Å²) in [5, 5.41) is 12.2. The van der Waals surface area contributed by atoms with Gasteiger partial charge in [0, 0.05) is 11.2 Å². The van der Waals surface area contributed by atoms with Crippen LogP contribution in [0.15, 0.2) is 24.3 Å². The van der Waals surface area contributed by atoms with Crippen LogP contribution in [-0.4, -0.2) is 24.0 Å². The Kier molecular flexibility index (Phi) is 3.59. The van der Waals surface area contributed by atoms with E-state index in [-0.39, 0.29) is 17.5 Å². The smallest absolute Gasteiger partial charge is 0.244 e. The molecule has 1 amide bonds. The summed E-state index contributed by atoms with van der Waals surface area (Å²) >= 11 is 0. The Labute approximate surface area is 114 Å². The first kappa shape index (κ1) is 13.6. The van der Waals surface area contributed by atoms with Crippen LogP contribution in [0, 0.1) is 11.3 Å². The minimum atomic E-state index is -0.261. The molecule has 1 aromatic carbocycles. The molecular weight excluding hydrogens is 238 g/mol. The summed E-state index contributed by atoms with van der Waals surface area (Å²) in [7, 11) is 0. The highest BCUT2D eigenvalue weighted by Gasteiger charge is 2.36. The second kappa shape index (κ2) is 5.02. The Morgan fingerprint density at radius 2 is 2.21 bits per heavy atom. The third kappa shape index (κ3) is 2.61. The lowest BCUT2D eigenvalue weighted by Gasteiger charge is -2.37. The van der Waals surface area contributed by atoms with Crippen molar-refractivity contribution in [2.75, 3.05) is 11.4 Å². The molecule has 0 bridgehead atoms. The summed E-state index contributed by atoms with van der Waals surface area (Å²) in [6.45, 7) is 6.81. The molecule has 0 aromatic heterocycles. The predicted octanol–water partition coefficient (Wildman–Crippen LogP) is 2.05. The van der Waals surface area contributed by atoms with Gasteiger partial charge in [-0.05, 0) is 51.9 Å². The first-order chi connectivity index (χ1) is 8.95. The molecule has 19 heavy (non-hydrogen) atoms. The van der Waals surface area contributed by atoms with E-state index in [0.29, 0.717) is 5.56 Å². The van der Waals surface area contributed by atoms with Gasteiger partial charge in [0.2, 0.25) is 5.91 Å². The number of amides is 1. The second-order valence-corrected chi connectivity index (χ2v) is 5.57. The van der Waals surface area contributed by atoms with Gasteiger partial charge in [-0.1, -0.05) is 6.07 Å². The quantitative estimate of drug-likeness (QED) is 0.837. The van der Waals surface area contributed by atoms with Crippen molar-refractivity contribution in [3.8, 4) is 6.07 Å². The second-order valence-electron chi connectivity index (χ2n) is 5.57. The number of anilines is 1. The number of rotatable bonds is 1. The van der Waals surface area contributed by atoms with Crippen molar-refractivity contribution in [3.63, 3.8) is 0 Å². The molecule has 1 N–H and O–H groups in total. The number of hydrogen-bond donors (Lipinski definition) is 1. The Morgan fingerprint density at radius 1 is 1.47 bits per heavy atom. The zero-order valence-electron chi connectivity index (χ0n) is 11.6. The van der Waals surface area contributed by atoms with Crippen molar-refractivity contribution in [2.45, 2.75) is 38.8 Å². The molecule has 100 valence electrons. The van der Waals surface area contributed by atoms with Crippen molar-refractivity contribution in [2.24, 2.45) is 0 Å². The minimum Gasteiger partial charge on any atom is -0.306 e. The number of nitrogens with zero attached hydrogens (tertiary/aromatic N) is 2. The molecule has 1 aliphatic heterocycles. The normalized spacial score (nSPS) is 22.7. The van der Waals surface area contributed by atoms with E-state index in [4.69, 9.17) is 5.26 Å². The molecule has 1 saturated heterocycles. The third-order valence-electron chi connectivity index (χ3n) is 3.62.